The molecule has 0 amide bonds. The lowest BCUT2D eigenvalue weighted by atomic mass is 10.2. The summed E-state index contributed by atoms with van der Waals surface area (Å²) in [6.45, 7) is 4.60. The molecule has 26 heavy (non-hydrogen) atoms. The Morgan fingerprint density at radius 1 is 1.08 bits per heavy atom. The van der Waals surface area contributed by atoms with E-state index < -0.39 is 0 Å². The van der Waals surface area contributed by atoms with E-state index in [1.807, 2.05) is 54.7 Å². The fraction of sp³-hybridized carbons (Fsp3) is 0.150. The molecule has 0 spiro atoms. The number of para-hydroxylation sites is 2. The van der Waals surface area contributed by atoms with Crippen molar-refractivity contribution in [3.8, 4) is 5.69 Å². The lowest BCUT2D eigenvalue weighted by molar-refractivity contribution is 0.733. The second-order valence-corrected chi connectivity index (χ2v) is 6.49. The van der Waals surface area contributed by atoms with Crippen molar-refractivity contribution in [3.05, 3.63) is 83.9 Å². The summed E-state index contributed by atoms with van der Waals surface area (Å²) in [6.07, 6.45) is 5.39. The first-order valence-electron chi connectivity index (χ1n) is 8.47. The number of halogens is 1. The zero-order chi connectivity index (χ0) is 17.9. The molecule has 0 radical (unpaired) electrons. The minimum atomic E-state index is 0.678. The monoisotopic (exact) mass is 363 g/mol. The summed E-state index contributed by atoms with van der Waals surface area (Å²) >= 11 is 6.05. The first kappa shape index (κ1) is 16.5. The number of rotatable bonds is 6. The van der Waals surface area contributed by atoms with E-state index in [4.69, 9.17) is 16.6 Å². The molecule has 0 bridgehead atoms. The van der Waals surface area contributed by atoms with Gasteiger partial charge < -0.3 is 4.57 Å². The SMILES string of the molecule is C=CCn1c(CCc2cn(-c3cccc(Cl)c3)nn2)nc2ccccc21. The summed E-state index contributed by atoms with van der Waals surface area (Å²) in [7, 11) is 0. The minimum Gasteiger partial charge on any atom is -0.324 e. The van der Waals surface area contributed by atoms with Crippen molar-refractivity contribution in [1.82, 2.24) is 24.5 Å². The number of allylic oxidation sites excluding steroid dienone is 1. The van der Waals surface area contributed by atoms with Crippen molar-refractivity contribution in [3.63, 3.8) is 0 Å². The van der Waals surface area contributed by atoms with Crippen molar-refractivity contribution >= 4 is 22.6 Å². The van der Waals surface area contributed by atoms with Crippen LogP contribution in [0.3, 0.4) is 0 Å². The Morgan fingerprint density at radius 3 is 2.81 bits per heavy atom. The van der Waals surface area contributed by atoms with Crippen LogP contribution in [0.25, 0.3) is 16.7 Å². The summed E-state index contributed by atoms with van der Waals surface area (Å²) in [4.78, 5) is 4.77. The number of fused-ring (bicyclic) bond motifs is 1. The molecule has 0 fully saturated rings. The zero-order valence-electron chi connectivity index (χ0n) is 14.2. The standard InChI is InChI=1S/C20H18ClN5/c1-2-12-25-19-9-4-3-8-18(19)22-20(25)11-10-16-14-26(24-23-16)17-7-5-6-15(21)13-17/h2-9,13-14H,1,10-12H2. The maximum Gasteiger partial charge on any atom is 0.110 e. The predicted octanol–water partition coefficient (Wildman–Crippen LogP) is 4.24. The third-order valence-corrected chi connectivity index (χ3v) is 4.50. The van der Waals surface area contributed by atoms with E-state index in [2.05, 4.69) is 27.5 Å². The number of nitrogens with zero attached hydrogens (tertiary/aromatic N) is 5. The molecule has 0 N–H and O–H groups in total. The molecule has 2 heterocycles. The van der Waals surface area contributed by atoms with Gasteiger partial charge in [0.25, 0.3) is 0 Å². The van der Waals surface area contributed by atoms with Gasteiger partial charge in [0.05, 0.1) is 28.6 Å². The van der Waals surface area contributed by atoms with Crippen LogP contribution in [0.4, 0.5) is 0 Å². The van der Waals surface area contributed by atoms with Crippen molar-refractivity contribution in [2.75, 3.05) is 0 Å². The smallest absolute Gasteiger partial charge is 0.110 e. The van der Waals surface area contributed by atoms with E-state index in [1.165, 1.54) is 0 Å². The lowest BCUT2D eigenvalue weighted by Crippen LogP contribution is -2.04. The number of imidazole rings is 1. The molecule has 0 saturated heterocycles. The summed E-state index contributed by atoms with van der Waals surface area (Å²) in [5.41, 5.74) is 3.95. The van der Waals surface area contributed by atoms with Gasteiger partial charge in [-0.3, -0.25) is 0 Å². The molecule has 0 unspecified atom stereocenters. The number of aromatic nitrogens is 5. The van der Waals surface area contributed by atoms with Gasteiger partial charge in [-0.25, -0.2) is 9.67 Å². The Hall–Kier alpha value is -2.92. The number of hydrogen-bond donors (Lipinski definition) is 0. The van der Waals surface area contributed by atoms with E-state index in [1.54, 1.807) is 4.68 Å². The molecular weight excluding hydrogens is 346 g/mol. The summed E-state index contributed by atoms with van der Waals surface area (Å²) in [6, 6.07) is 15.7. The highest BCUT2D eigenvalue weighted by atomic mass is 35.5. The average Bonchev–Trinajstić information content (AvgIpc) is 3.26. The highest BCUT2D eigenvalue weighted by molar-refractivity contribution is 6.30. The minimum absolute atomic E-state index is 0.678. The van der Waals surface area contributed by atoms with Gasteiger partial charge in [0.15, 0.2) is 0 Å². The van der Waals surface area contributed by atoms with E-state index in [0.717, 1.165) is 47.6 Å². The molecule has 0 aliphatic rings. The maximum absolute atomic E-state index is 6.05. The summed E-state index contributed by atoms with van der Waals surface area (Å²) in [5, 5.41) is 9.16. The van der Waals surface area contributed by atoms with Gasteiger partial charge >= 0.3 is 0 Å². The fourth-order valence-corrected chi connectivity index (χ4v) is 3.23. The molecular formula is C20H18ClN5. The highest BCUT2D eigenvalue weighted by Crippen LogP contribution is 2.18. The van der Waals surface area contributed by atoms with Crippen molar-refractivity contribution in [2.45, 2.75) is 19.4 Å². The summed E-state index contributed by atoms with van der Waals surface area (Å²) in [5.74, 6) is 1.03. The fourth-order valence-electron chi connectivity index (χ4n) is 3.05. The van der Waals surface area contributed by atoms with Gasteiger partial charge in [-0.05, 0) is 30.3 Å². The van der Waals surface area contributed by atoms with Crippen LogP contribution in [0.1, 0.15) is 11.5 Å². The molecule has 6 heteroatoms. The van der Waals surface area contributed by atoms with Gasteiger partial charge in [-0.15, -0.1) is 11.7 Å². The molecule has 0 aliphatic heterocycles. The molecule has 2 aromatic carbocycles. The van der Waals surface area contributed by atoms with Gasteiger partial charge in [-0.1, -0.05) is 41.1 Å². The third-order valence-electron chi connectivity index (χ3n) is 4.26. The van der Waals surface area contributed by atoms with Crippen LogP contribution in [0.2, 0.25) is 5.02 Å². The van der Waals surface area contributed by atoms with Crippen LogP contribution in [0.5, 0.6) is 0 Å². The van der Waals surface area contributed by atoms with Crippen LogP contribution in [-0.4, -0.2) is 24.5 Å². The number of aryl methyl sites for hydroxylation is 2. The molecule has 4 aromatic rings. The molecule has 4 rings (SSSR count). The molecule has 130 valence electrons. The predicted molar refractivity (Wildman–Crippen MR) is 104 cm³/mol. The van der Waals surface area contributed by atoms with Crippen molar-refractivity contribution < 1.29 is 0 Å². The molecule has 0 aliphatic carbocycles. The lowest BCUT2D eigenvalue weighted by Gasteiger charge is -2.05. The third kappa shape index (κ3) is 3.26. The Morgan fingerprint density at radius 2 is 1.96 bits per heavy atom. The highest BCUT2D eigenvalue weighted by Gasteiger charge is 2.11. The second kappa shape index (κ2) is 7.14. The first-order chi connectivity index (χ1) is 12.7. The van der Waals surface area contributed by atoms with Crippen LogP contribution in [-0.2, 0) is 19.4 Å². The summed E-state index contributed by atoms with van der Waals surface area (Å²) < 4.78 is 3.94. The van der Waals surface area contributed by atoms with Crippen LogP contribution in [0.15, 0.2) is 67.4 Å². The van der Waals surface area contributed by atoms with Gasteiger partial charge in [0.1, 0.15) is 5.82 Å². The van der Waals surface area contributed by atoms with Crippen molar-refractivity contribution in [1.29, 1.82) is 0 Å². The largest absolute Gasteiger partial charge is 0.324 e. The maximum atomic E-state index is 6.05. The Balaban J connectivity index is 1.55. The van der Waals surface area contributed by atoms with E-state index >= 15 is 0 Å². The Kier molecular flexibility index (Phi) is 4.54. The number of hydrogen-bond acceptors (Lipinski definition) is 3. The number of benzene rings is 2. The second-order valence-electron chi connectivity index (χ2n) is 6.05. The van der Waals surface area contributed by atoms with Crippen LogP contribution in [0, 0.1) is 0 Å². The quantitative estimate of drug-likeness (QED) is 0.481. The van der Waals surface area contributed by atoms with Crippen molar-refractivity contribution in [2.24, 2.45) is 0 Å². The van der Waals surface area contributed by atoms with E-state index in [0.29, 0.717) is 5.02 Å². The van der Waals surface area contributed by atoms with E-state index in [9.17, 15) is 0 Å². The zero-order valence-corrected chi connectivity index (χ0v) is 15.0. The molecule has 5 nitrogen and oxygen atoms in total. The molecule has 0 saturated carbocycles. The van der Waals surface area contributed by atoms with Gasteiger partial charge in [-0.2, -0.15) is 0 Å². The average molecular weight is 364 g/mol. The van der Waals surface area contributed by atoms with Gasteiger partial charge in [0.2, 0.25) is 0 Å². The Labute approximate surface area is 156 Å². The van der Waals surface area contributed by atoms with E-state index in [-0.39, 0.29) is 0 Å². The molecule has 0 atom stereocenters. The topological polar surface area (TPSA) is 48.5 Å². The van der Waals surface area contributed by atoms with Gasteiger partial charge in [0, 0.05) is 24.4 Å². The van der Waals surface area contributed by atoms with Crippen LogP contribution >= 0.6 is 11.6 Å². The first-order valence-corrected chi connectivity index (χ1v) is 8.84. The van der Waals surface area contributed by atoms with Crippen LogP contribution < -0.4 is 0 Å². The normalized spacial score (nSPS) is 11.1. The molecule has 2 aromatic heterocycles. The Bertz CT molecular complexity index is 1060.